The minimum absolute atomic E-state index is 1.05. The summed E-state index contributed by atoms with van der Waals surface area (Å²) in [7, 11) is 0. The van der Waals surface area contributed by atoms with Crippen molar-refractivity contribution in [1.82, 2.24) is 4.98 Å². The second kappa shape index (κ2) is 3.48. The molecule has 3 aromatic rings. The van der Waals surface area contributed by atoms with Gasteiger partial charge in [-0.1, -0.05) is 24.3 Å². The summed E-state index contributed by atoms with van der Waals surface area (Å²) >= 11 is 1.74. The van der Waals surface area contributed by atoms with Gasteiger partial charge in [0.25, 0.3) is 0 Å². The molecule has 0 unspecified atom stereocenters. The zero-order chi connectivity index (χ0) is 10.1. The Morgan fingerprint density at radius 2 is 1.93 bits per heavy atom. The molecule has 2 heteroatoms. The van der Waals surface area contributed by atoms with Crippen LogP contribution < -0.4 is 0 Å². The highest BCUT2D eigenvalue weighted by Crippen LogP contribution is 2.26. The fraction of sp³-hybridized carbons (Fsp3) is 0. The molecule has 2 aromatic heterocycles. The molecule has 0 aliphatic carbocycles. The van der Waals surface area contributed by atoms with Gasteiger partial charge in [0.2, 0.25) is 0 Å². The summed E-state index contributed by atoms with van der Waals surface area (Å²) in [6.45, 7) is 0. The molecular formula is C13H9NS. The Labute approximate surface area is 92.0 Å². The fourth-order valence-corrected chi connectivity index (χ4v) is 2.36. The number of hydrogen-bond acceptors (Lipinski definition) is 2. The molecule has 0 radical (unpaired) electrons. The first-order chi connectivity index (χ1) is 7.43. The van der Waals surface area contributed by atoms with Gasteiger partial charge in [-0.15, -0.1) is 11.3 Å². The van der Waals surface area contributed by atoms with E-state index >= 15 is 0 Å². The Hall–Kier alpha value is -1.67. The van der Waals surface area contributed by atoms with E-state index in [4.69, 9.17) is 0 Å². The number of nitrogens with zero attached hydrogens (tertiary/aromatic N) is 1. The van der Waals surface area contributed by atoms with E-state index < -0.39 is 0 Å². The van der Waals surface area contributed by atoms with Gasteiger partial charge in [-0.3, -0.25) is 4.98 Å². The number of aromatic nitrogens is 1. The van der Waals surface area contributed by atoms with E-state index in [1.165, 1.54) is 15.8 Å². The molecule has 2 heterocycles. The maximum atomic E-state index is 4.44. The van der Waals surface area contributed by atoms with Crippen molar-refractivity contribution < 1.29 is 0 Å². The van der Waals surface area contributed by atoms with Crippen molar-refractivity contribution in [2.24, 2.45) is 0 Å². The highest BCUT2D eigenvalue weighted by Gasteiger charge is 2.00. The Bertz CT molecular complexity index is 584. The molecule has 0 spiro atoms. The lowest BCUT2D eigenvalue weighted by Crippen LogP contribution is -1.79. The van der Waals surface area contributed by atoms with E-state index in [9.17, 15) is 0 Å². The van der Waals surface area contributed by atoms with Crippen LogP contribution in [0.4, 0.5) is 0 Å². The van der Waals surface area contributed by atoms with Gasteiger partial charge >= 0.3 is 0 Å². The molecule has 0 atom stereocenters. The molecule has 0 saturated carbocycles. The van der Waals surface area contributed by atoms with Crippen LogP contribution in [-0.4, -0.2) is 4.98 Å². The summed E-state index contributed by atoms with van der Waals surface area (Å²) in [4.78, 5) is 5.72. The third-order valence-electron chi connectivity index (χ3n) is 2.40. The Balaban J connectivity index is 2.22. The van der Waals surface area contributed by atoms with Crippen LogP contribution in [0.5, 0.6) is 0 Å². The zero-order valence-corrected chi connectivity index (χ0v) is 8.87. The van der Waals surface area contributed by atoms with Crippen molar-refractivity contribution in [3.05, 3.63) is 54.0 Å². The van der Waals surface area contributed by atoms with E-state index in [2.05, 4.69) is 34.6 Å². The third-order valence-corrected chi connectivity index (χ3v) is 3.32. The number of thiophene rings is 1. The quantitative estimate of drug-likeness (QED) is 0.593. The average Bonchev–Trinajstić information content (AvgIpc) is 2.82. The molecule has 0 fully saturated rings. The van der Waals surface area contributed by atoms with Crippen molar-refractivity contribution in [2.45, 2.75) is 0 Å². The van der Waals surface area contributed by atoms with Crippen LogP contribution in [-0.2, 0) is 0 Å². The monoisotopic (exact) mass is 211 g/mol. The van der Waals surface area contributed by atoms with Crippen molar-refractivity contribution in [3.63, 3.8) is 0 Å². The topological polar surface area (TPSA) is 12.9 Å². The van der Waals surface area contributed by atoms with Gasteiger partial charge in [0.1, 0.15) is 0 Å². The normalized spacial score (nSPS) is 10.7. The lowest BCUT2D eigenvalue weighted by Gasteiger charge is -1.99. The van der Waals surface area contributed by atoms with Gasteiger partial charge in [0, 0.05) is 22.0 Å². The summed E-state index contributed by atoms with van der Waals surface area (Å²) in [6.07, 6.45) is 1.94. The van der Waals surface area contributed by atoms with E-state index in [-0.39, 0.29) is 0 Å². The van der Waals surface area contributed by atoms with Crippen LogP contribution in [0.15, 0.2) is 54.0 Å². The summed E-state index contributed by atoms with van der Waals surface area (Å²) in [6, 6.07) is 14.6. The van der Waals surface area contributed by atoms with Gasteiger partial charge in [-0.25, -0.2) is 0 Å². The van der Waals surface area contributed by atoms with Crippen LogP contribution in [0.2, 0.25) is 0 Å². The van der Waals surface area contributed by atoms with Gasteiger partial charge < -0.3 is 0 Å². The molecule has 72 valence electrons. The molecule has 0 bridgehead atoms. The van der Waals surface area contributed by atoms with Gasteiger partial charge in [0.15, 0.2) is 0 Å². The van der Waals surface area contributed by atoms with Gasteiger partial charge in [0.05, 0.1) is 5.52 Å². The molecule has 1 aromatic carbocycles. The summed E-state index contributed by atoms with van der Waals surface area (Å²) in [5, 5.41) is 3.29. The SMILES string of the molecule is c1csc(-c2cnc3ccccc3c2)c1. The Morgan fingerprint density at radius 1 is 1.00 bits per heavy atom. The first-order valence-corrected chi connectivity index (χ1v) is 5.70. The summed E-state index contributed by atoms with van der Waals surface area (Å²) < 4.78 is 0. The largest absolute Gasteiger partial charge is 0.256 e. The molecule has 0 N–H and O–H groups in total. The predicted molar refractivity (Wildman–Crippen MR) is 65.1 cm³/mol. The standard InChI is InChI=1S/C13H9NS/c1-2-5-12-10(4-1)8-11(9-14-12)13-6-3-7-15-13/h1-9H. The number of para-hydroxylation sites is 1. The second-order valence-corrected chi connectivity index (χ2v) is 4.34. The average molecular weight is 211 g/mol. The fourth-order valence-electron chi connectivity index (χ4n) is 1.65. The minimum atomic E-state index is 1.05. The van der Waals surface area contributed by atoms with Crippen molar-refractivity contribution >= 4 is 22.2 Å². The zero-order valence-electron chi connectivity index (χ0n) is 8.05. The van der Waals surface area contributed by atoms with Crippen LogP contribution in [0.1, 0.15) is 0 Å². The third kappa shape index (κ3) is 1.53. The lowest BCUT2D eigenvalue weighted by molar-refractivity contribution is 1.42. The van der Waals surface area contributed by atoms with E-state index in [0.717, 1.165) is 5.52 Å². The highest BCUT2D eigenvalue weighted by molar-refractivity contribution is 7.13. The van der Waals surface area contributed by atoms with Crippen molar-refractivity contribution in [2.75, 3.05) is 0 Å². The van der Waals surface area contributed by atoms with Crippen LogP contribution >= 0.6 is 11.3 Å². The Kier molecular flexibility index (Phi) is 2.00. The van der Waals surface area contributed by atoms with Gasteiger partial charge in [-0.2, -0.15) is 0 Å². The number of rotatable bonds is 1. The first-order valence-electron chi connectivity index (χ1n) is 4.82. The molecule has 0 aliphatic heterocycles. The Morgan fingerprint density at radius 3 is 2.80 bits per heavy atom. The maximum Gasteiger partial charge on any atom is 0.0702 e. The number of benzene rings is 1. The summed E-state index contributed by atoms with van der Waals surface area (Å²) in [5.41, 5.74) is 2.25. The van der Waals surface area contributed by atoms with E-state index in [1.807, 2.05) is 24.4 Å². The smallest absolute Gasteiger partial charge is 0.0702 e. The molecule has 1 nitrogen and oxygen atoms in total. The maximum absolute atomic E-state index is 4.44. The van der Waals surface area contributed by atoms with Crippen LogP contribution in [0.25, 0.3) is 21.3 Å². The molecular weight excluding hydrogens is 202 g/mol. The van der Waals surface area contributed by atoms with E-state index in [0.29, 0.717) is 0 Å². The highest BCUT2D eigenvalue weighted by atomic mass is 32.1. The van der Waals surface area contributed by atoms with Crippen molar-refractivity contribution in [3.8, 4) is 10.4 Å². The molecule has 3 rings (SSSR count). The second-order valence-electron chi connectivity index (χ2n) is 3.39. The van der Waals surface area contributed by atoms with Crippen LogP contribution in [0, 0.1) is 0 Å². The van der Waals surface area contributed by atoms with Crippen molar-refractivity contribution in [1.29, 1.82) is 0 Å². The number of pyridine rings is 1. The lowest BCUT2D eigenvalue weighted by atomic mass is 10.1. The van der Waals surface area contributed by atoms with Crippen LogP contribution in [0.3, 0.4) is 0 Å². The molecule has 0 amide bonds. The molecule has 0 saturated heterocycles. The van der Waals surface area contributed by atoms with E-state index in [1.54, 1.807) is 11.3 Å². The first kappa shape index (κ1) is 8.62. The minimum Gasteiger partial charge on any atom is -0.256 e. The van der Waals surface area contributed by atoms with Gasteiger partial charge in [-0.05, 0) is 23.6 Å². The molecule has 15 heavy (non-hydrogen) atoms. The number of fused-ring (bicyclic) bond motifs is 1. The molecule has 0 aliphatic rings. The predicted octanol–water partition coefficient (Wildman–Crippen LogP) is 3.96. The number of hydrogen-bond donors (Lipinski definition) is 0. The summed E-state index contributed by atoms with van der Waals surface area (Å²) in [5.74, 6) is 0.